The van der Waals surface area contributed by atoms with Crippen molar-refractivity contribution in [3.05, 3.63) is 147 Å². The highest BCUT2D eigenvalue weighted by molar-refractivity contribution is 5.62. The predicted octanol–water partition coefficient (Wildman–Crippen LogP) is 7.16. The molecular formula is C33H29NO11. The van der Waals surface area contributed by atoms with Gasteiger partial charge in [-0.2, -0.15) is 0 Å². The van der Waals surface area contributed by atoms with Crippen molar-refractivity contribution in [1.82, 2.24) is 0 Å². The second-order valence-electron chi connectivity index (χ2n) is 9.46. The Kier molecular flexibility index (Phi) is 11.8. The van der Waals surface area contributed by atoms with E-state index in [1.165, 1.54) is 12.1 Å². The van der Waals surface area contributed by atoms with E-state index in [9.17, 15) is 24.5 Å². The summed E-state index contributed by atoms with van der Waals surface area (Å²) < 4.78 is 30.8. The second kappa shape index (κ2) is 16.7. The number of carbonyl (C=O) groups excluding carboxylic acids is 3. The molecule has 0 radical (unpaired) electrons. The molecule has 0 N–H and O–H groups in total. The molecule has 0 spiro atoms. The predicted molar refractivity (Wildman–Crippen MR) is 157 cm³/mol. The zero-order chi connectivity index (χ0) is 31.9. The summed E-state index contributed by atoms with van der Waals surface area (Å²) in [6, 6.07) is 29.4. The largest absolute Gasteiger partial charge is 0.508 e. The van der Waals surface area contributed by atoms with Crippen molar-refractivity contribution in [2.24, 2.45) is 0 Å². The molecule has 0 bridgehead atoms. The van der Waals surface area contributed by atoms with Crippen LogP contribution in [0.2, 0.25) is 0 Å². The van der Waals surface area contributed by atoms with Crippen molar-refractivity contribution in [3.63, 3.8) is 0 Å². The lowest BCUT2D eigenvalue weighted by Gasteiger charge is -2.13. The molecular weight excluding hydrogens is 586 g/mol. The van der Waals surface area contributed by atoms with Crippen molar-refractivity contribution in [3.8, 4) is 0 Å². The Labute approximate surface area is 258 Å². The summed E-state index contributed by atoms with van der Waals surface area (Å²) in [5.74, 6) is 0. The highest BCUT2D eigenvalue weighted by Gasteiger charge is 2.24. The molecule has 0 amide bonds. The second-order valence-corrected chi connectivity index (χ2v) is 9.46. The molecule has 12 heteroatoms. The van der Waals surface area contributed by atoms with Gasteiger partial charge in [-0.1, -0.05) is 91.0 Å². The number of hydrogen-bond acceptors (Lipinski definition) is 11. The van der Waals surface area contributed by atoms with Gasteiger partial charge in [0.2, 0.25) is 0 Å². The number of nitrogens with zero attached hydrogens (tertiary/aromatic N) is 1. The van der Waals surface area contributed by atoms with Gasteiger partial charge in [-0.3, -0.25) is 10.1 Å². The Bertz CT molecular complexity index is 1500. The molecule has 0 aromatic heterocycles. The molecule has 0 aliphatic carbocycles. The molecule has 0 aliphatic rings. The lowest BCUT2D eigenvalue weighted by molar-refractivity contribution is -0.386. The minimum atomic E-state index is -1.05. The van der Waals surface area contributed by atoms with E-state index in [0.29, 0.717) is 0 Å². The van der Waals surface area contributed by atoms with Crippen LogP contribution in [0.5, 0.6) is 0 Å². The fraction of sp³-hybridized carbons (Fsp3) is 0.182. The fourth-order valence-electron chi connectivity index (χ4n) is 4.06. The molecule has 45 heavy (non-hydrogen) atoms. The first kappa shape index (κ1) is 32.0. The van der Waals surface area contributed by atoms with E-state index in [-0.39, 0.29) is 43.1 Å². The van der Waals surface area contributed by atoms with Gasteiger partial charge in [0.15, 0.2) is 0 Å². The van der Waals surface area contributed by atoms with Gasteiger partial charge >= 0.3 is 18.5 Å². The molecule has 0 aliphatic heterocycles. The Morgan fingerprint density at radius 1 is 0.467 bits per heavy atom. The van der Waals surface area contributed by atoms with Crippen molar-refractivity contribution in [1.29, 1.82) is 0 Å². The van der Waals surface area contributed by atoms with Crippen molar-refractivity contribution >= 4 is 24.2 Å². The topological polar surface area (TPSA) is 150 Å². The maximum Gasteiger partial charge on any atom is 0.508 e. The number of rotatable bonds is 13. The first-order valence-electron chi connectivity index (χ1n) is 13.7. The third-order valence-electron chi connectivity index (χ3n) is 6.16. The van der Waals surface area contributed by atoms with Gasteiger partial charge in [0.25, 0.3) is 5.69 Å². The van der Waals surface area contributed by atoms with Crippen molar-refractivity contribution < 1.29 is 47.7 Å². The van der Waals surface area contributed by atoms with Crippen LogP contribution in [-0.2, 0) is 68.1 Å². The average Bonchev–Trinajstić information content (AvgIpc) is 3.07. The highest BCUT2D eigenvalue weighted by atomic mass is 16.7. The summed E-state index contributed by atoms with van der Waals surface area (Å²) in [7, 11) is 0. The third kappa shape index (κ3) is 10.7. The van der Waals surface area contributed by atoms with E-state index < -0.39 is 42.3 Å². The number of nitro groups is 1. The Balaban J connectivity index is 1.44. The molecule has 0 saturated carbocycles. The summed E-state index contributed by atoms with van der Waals surface area (Å²) in [6.07, 6.45) is -3.08. The van der Waals surface area contributed by atoms with Gasteiger partial charge in [-0.05, 0) is 34.4 Å². The molecule has 0 saturated heterocycles. The molecule has 4 rings (SSSR count). The van der Waals surface area contributed by atoms with Gasteiger partial charge < -0.3 is 28.4 Å². The van der Waals surface area contributed by atoms with Crippen LogP contribution in [0, 0.1) is 10.1 Å². The number of hydrogen-bond donors (Lipinski definition) is 0. The van der Waals surface area contributed by atoms with E-state index in [2.05, 4.69) is 0 Å². The maximum absolute atomic E-state index is 12.3. The smallest absolute Gasteiger partial charge is 0.429 e. The molecule has 0 heterocycles. The van der Waals surface area contributed by atoms with E-state index in [4.69, 9.17) is 28.4 Å². The van der Waals surface area contributed by atoms with E-state index in [0.717, 1.165) is 16.7 Å². The molecule has 0 fully saturated rings. The minimum Gasteiger partial charge on any atom is -0.429 e. The molecule has 4 aromatic carbocycles. The first-order chi connectivity index (χ1) is 21.9. The quantitative estimate of drug-likeness (QED) is 0.0652. The van der Waals surface area contributed by atoms with Crippen LogP contribution in [-0.4, -0.2) is 23.4 Å². The van der Waals surface area contributed by atoms with Crippen LogP contribution < -0.4 is 0 Å². The van der Waals surface area contributed by atoms with Crippen LogP contribution in [0.4, 0.5) is 20.1 Å². The zero-order valence-electron chi connectivity index (χ0n) is 24.0. The van der Waals surface area contributed by atoms with Gasteiger partial charge in [-0.25, -0.2) is 14.4 Å². The molecule has 0 atom stereocenters. The zero-order valence-corrected chi connectivity index (χ0v) is 24.0. The van der Waals surface area contributed by atoms with E-state index in [1.807, 2.05) is 18.2 Å². The van der Waals surface area contributed by atoms with Gasteiger partial charge in [0, 0.05) is 0 Å². The monoisotopic (exact) mass is 615 g/mol. The number of benzene rings is 4. The van der Waals surface area contributed by atoms with Crippen LogP contribution in [0.15, 0.2) is 103 Å². The summed E-state index contributed by atoms with van der Waals surface area (Å²) in [5, 5.41) is 12.1. The summed E-state index contributed by atoms with van der Waals surface area (Å²) >= 11 is 0. The van der Waals surface area contributed by atoms with E-state index in [1.54, 1.807) is 72.8 Å². The Morgan fingerprint density at radius 2 is 0.756 bits per heavy atom. The standard InChI is InChI=1S/C33H29NO11/c35-31(40-18-24-10-4-1-5-11-24)43-21-27-16-28(22-44-32(36)41-19-25-12-6-2-7-13-25)30(34(38)39)29(17-27)23-45-33(37)42-20-26-14-8-3-9-15-26/h1-17H,18-23H2. The Morgan fingerprint density at radius 3 is 1.07 bits per heavy atom. The van der Waals surface area contributed by atoms with Crippen LogP contribution in [0.25, 0.3) is 0 Å². The third-order valence-corrected chi connectivity index (χ3v) is 6.16. The molecule has 12 nitrogen and oxygen atoms in total. The molecule has 0 unspecified atom stereocenters. The summed E-state index contributed by atoms with van der Waals surface area (Å²) in [5.41, 5.74) is 1.91. The van der Waals surface area contributed by atoms with Gasteiger partial charge in [0.05, 0.1) is 16.1 Å². The van der Waals surface area contributed by atoms with Crippen molar-refractivity contribution in [2.45, 2.75) is 39.6 Å². The summed E-state index contributed by atoms with van der Waals surface area (Å²) in [6.45, 7) is -1.60. The van der Waals surface area contributed by atoms with Gasteiger partial charge in [-0.15, -0.1) is 0 Å². The first-order valence-corrected chi connectivity index (χ1v) is 13.7. The minimum absolute atomic E-state index is 0.0195. The van der Waals surface area contributed by atoms with Crippen LogP contribution in [0.3, 0.4) is 0 Å². The normalized spacial score (nSPS) is 10.3. The summed E-state index contributed by atoms with van der Waals surface area (Å²) in [4.78, 5) is 48.2. The Hall–Kier alpha value is -5.91. The average molecular weight is 616 g/mol. The molecule has 4 aromatic rings. The van der Waals surface area contributed by atoms with Crippen LogP contribution in [0.1, 0.15) is 33.4 Å². The maximum atomic E-state index is 12.3. The van der Waals surface area contributed by atoms with Crippen molar-refractivity contribution in [2.75, 3.05) is 0 Å². The SMILES string of the molecule is O=C(OCc1ccccc1)OCc1cc(COC(=O)OCc2ccccc2)c([N+](=O)[O-])c(COC(=O)OCc2ccccc2)c1. The fourth-order valence-corrected chi connectivity index (χ4v) is 4.06. The lowest BCUT2D eigenvalue weighted by Crippen LogP contribution is -2.13. The molecule has 232 valence electrons. The number of nitro benzene ring substituents is 1. The highest BCUT2D eigenvalue weighted by Crippen LogP contribution is 2.28. The van der Waals surface area contributed by atoms with Crippen LogP contribution >= 0.6 is 0 Å². The number of carbonyl (C=O) groups is 3. The number of ether oxygens (including phenoxy) is 6. The van der Waals surface area contributed by atoms with Gasteiger partial charge in [0.1, 0.15) is 39.6 Å². The lowest BCUT2D eigenvalue weighted by atomic mass is 10.0. The van der Waals surface area contributed by atoms with E-state index >= 15 is 0 Å².